The van der Waals surface area contributed by atoms with Crippen LogP contribution in [0.3, 0.4) is 0 Å². The van der Waals surface area contributed by atoms with Crippen LogP contribution in [-0.4, -0.2) is 90.8 Å². The number of hydrogen-bond donors (Lipinski definition) is 3. The molecule has 3 N–H and O–H groups in total. The van der Waals surface area contributed by atoms with Crippen molar-refractivity contribution in [2.45, 2.75) is 82.8 Å². The van der Waals surface area contributed by atoms with E-state index >= 15 is 8.78 Å². The summed E-state index contributed by atoms with van der Waals surface area (Å²) in [4.78, 5) is 59.8. The smallest absolute Gasteiger partial charge is 0.351 e. The molecule has 4 amide bonds. The maximum absolute atomic E-state index is 15.2. The van der Waals surface area contributed by atoms with Crippen LogP contribution in [0.15, 0.2) is 42.6 Å². The Balaban J connectivity index is 1.41. The van der Waals surface area contributed by atoms with Crippen LogP contribution in [0.1, 0.15) is 68.6 Å². The number of alkyl halides is 2. The molecule has 1 saturated heterocycles. The number of hydrogen-bond acceptors (Lipinski definition) is 7. The number of carbonyl (C=O) groups excluding carboxylic acids is 4. The predicted molar refractivity (Wildman–Crippen MR) is 176 cm³/mol. The van der Waals surface area contributed by atoms with E-state index in [2.05, 4.69) is 25.8 Å². The molecule has 2 heterocycles. The van der Waals surface area contributed by atoms with Gasteiger partial charge >= 0.3 is 5.92 Å². The lowest BCUT2D eigenvalue weighted by Crippen LogP contribution is -2.54. The van der Waals surface area contributed by atoms with E-state index in [-0.39, 0.29) is 36.6 Å². The van der Waals surface area contributed by atoms with Gasteiger partial charge in [-0.15, -0.1) is 0 Å². The van der Waals surface area contributed by atoms with Crippen LogP contribution in [0.25, 0.3) is 0 Å². The Morgan fingerprint density at radius 1 is 0.938 bits per heavy atom. The summed E-state index contributed by atoms with van der Waals surface area (Å²) >= 11 is 0. The third-order valence-corrected chi connectivity index (χ3v) is 9.23. The molecule has 2 unspecified atom stereocenters. The van der Waals surface area contributed by atoms with Crippen LogP contribution in [0.2, 0.25) is 0 Å². The third kappa shape index (κ3) is 9.94. The van der Waals surface area contributed by atoms with E-state index in [1.165, 1.54) is 13.2 Å². The van der Waals surface area contributed by atoms with E-state index < -0.39 is 35.4 Å². The molecule has 2 aromatic rings. The maximum atomic E-state index is 15.2. The molecule has 0 bridgehead atoms. The Labute approximate surface area is 281 Å². The fourth-order valence-electron chi connectivity index (χ4n) is 6.16. The largest absolute Gasteiger partial charge is 0.481 e. The highest BCUT2D eigenvalue weighted by Gasteiger charge is 2.44. The number of benzene rings is 1. The van der Waals surface area contributed by atoms with Crippen molar-refractivity contribution >= 4 is 23.6 Å². The summed E-state index contributed by atoms with van der Waals surface area (Å²) in [7, 11) is 3.37. The van der Waals surface area contributed by atoms with Crippen molar-refractivity contribution in [2.75, 3.05) is 40.3 Å². The van der Waals surface area contributed by atoms with Gasteiger partial charge in [0.05, 0.1) is 7.11 Å². The molecule has 2 atom stereocenters. The fraction of sp³-hybridized carbons (Fsp3) is 0.571. The van der Waals surface area contributed by atoms with Crippen molar-refractivity contribution in [3.05, 3.63) is 59.3 Å². The standard InChI is InChI=1S/C35H48F2N6O5/c1-4-29(44)40-28(33(46)43-19-17-42(2)18-20-43)21-24-11-13-25(14-12-24)22-39-32(45)31(26-9-7-5-6-8-10-26)41-34(47)35(36,37)27-15-16-30(48-3)38-23-27/h11-16,23,26,28,31H,4-10,17-22H2,1-3H3,(H,39,45)(H,40,44)(H,41,47). The molecular weight excluding hydrogens is 622 g/mol. The van der Waals surface area contributed by atoms with Crippen LogP contribution < -0.4 is 20.7 Å². The zero-order valence-corrected chi connectivity index (χ0v) is 28.1. The van der Waals surface area contributed by atoms with Gasteiger partial charge in [0, 0.05) is 63.4 Å². The van der Waals surface area contributed by atoms with Crippen molar-refractivity contribution in [3.63, 3.8) is 0 Å². The van der Waals surface area contributed by atoms with Gasteiger partial charge in [0.25, 0.3) is 5.91 Å². The molecule has 1 aromatic carbocycles. The molecular formula is C35H48F2N6O5. The molecule has 262 valence electrons. The summed E-state index contributed by atoms with van der Waals surface area (Å²) in [6.07, 6.45) is 6.44. The Kier molecular flexibility index (Phi) is 13.2. The molecule has 13 heteroatoms. The van der Waals surface area contributed by atoms with Crippen LogP contribution >= 0.6 is 0 Å². The van der Waals surface area contributed by atoms with Crippen molar-refractivity contribution in [2.24, 2.45) is 5.92 Å². The fourth-order valence-corrected chi connectivity index (χ4v) is 6.16. The summed E-state index contributed by atoms with van der Waals surface area (Å²) in [6.45, 7) is 4.61. The topological polar surface area (TPSA) is 133 Å². The minimum Gasteiger partial charge on any atom is -0.481 e. The number of amides is 4. The number of piperazine rings is 1. The van der Waals surface area contributed by atoms with Gasteiger partial charge < -0.3 is 30.5 Å². The number of pyridine rings is 1. The SMILES string of the molecule is CCC(=O)NC(Cc1ccc(CNC(=O)C(NC(=O)C(F)(F)c2ccc(OC)nc2)C2CCCCCC2)cc1)C(=O)N1CCN(C)CC1. The third-order valence-electron chi connectivity index (χ3n) is 9.23. The van der Waals surface area contributed by atoms with Crippen LogP contribution in [0.4, 0.5) is 8.78 Å². The molecule has 1 aromatic heterocycles. The Morgan fingerprint density at radius 3 is 2.17 bits per heavy atom. The number of likely N-dealkylation sites (N-methyl/N-ethyl adjacent to an activating group) is 1. The van der Waals surface area contributed by atoms with Crippen molar-refractivity contribution < 1.29 is 32.7 Å². The quantitative estimate of drug-likeness (QED) is 0.279. The molecule has 0 spiro atoms. The number of methoxy groups -OCH3 is 1. The summed E-state index contributed by atoms with van der Waals surface area (Å²) < 4.78 is 35.4. The van der Waals surface area contributed by atoms with Gasteiger partial charge in [-0.3, -0.25) is 19.2 Å². The second-order valence-corrected chi connectivity index (χ2v) is 12.7. The van der Waals surface area contributed by atoms with Gasteiger partial charge in [-0.1, -0.05) is 56.9 Å². The first kappa shape index (κ1) is 36.7. The lowest BCUT2D eigenvalue weighted by atomic mass is 9.90. The van der Waals surface area contributed by atoms with Gasteiger partial charge in [-0.2, -0.15) is 8.78 Å². The minimum absolute atomic E-state index is 0.110. The summed E-state index contributed by atoms with van der Waals surface area (Å²) in [6, 6.07) is 7.84. The molecule has 48 heavy (non-hydrogen) atoms. The molecule has 2 fully saturated rings. The van der Waals surface area contributed by atoms with Crippen molar-refractivity contribution in [1.29, 1.82) is 0 Å². The Bertz CT molecular complexity index is 1370. The first-order valence-electron chi connectivity index (χ1n) is 16.8. The molecule has 0 radical (unpaired) electrons. The molecule has 1 saturated carbocycles. The number of halogens is 2. The highest BCUT2D eigenvalue weighted by Crippen LogP contribution is 2.31. The van der Waals surface area contributed by atoms with Gasteiger partial charge in [0.15, 0.2) is 0 Å². The van der Waals surface area contributed by atoms with Gasteiger partial charge in [0.1, 0.15) is 12.1 Å². The lowest BCUT2D eigenvalue weighted by Gasteiger charge is -2.34. The average molecular weight is 671 g/mol. The molecule has 1 aliphatic carbocycles. The summed E-state index contributed by atoms with van der Waals surface area (Å²) in [5, 5.41) is 8.08. The van der Waals surface area contributed by atoms with E-state index in [0.717, 1.165) is 62.2 Å². The molecule has 4 rings (SSSR count). The summed E-state index contributed by atoms with van der Waals surface area (Å²) in [5.74, 6) is -6.43. The number of nitrogens with zero attached hydrogens (tertiary/aromatic N) is 3. The second kappa shape index (κ2) is 17.3. The Morgan fingerprint density at radius 2 is 1.58 bits per heavy atom. The number of rotatable bonds is 13. The first-order valence-corrected chi connectivity index (χ1v) is 16.8. The average Bonchev–Trinajstić information content (AvgIpc) is 3.39. The summed E-state index contributed by atoms with van der Waals surface area (Å²) in [5.41, 5.74) is 1.00. The van der Waals surface area contributed by atoms with Gasteiger partial charge in [-0.05, 0) is 43.0 Å². The normalized spacial score (nSPS) is 17.5. The second-order valence-electron chi connectivity index (χ2n) is 12.7. The van der Waals surface area contributed by atoms with Crippen LogP contribution in [0, 0.1) is 5.92 Å². The van der Waals surface area contributed by atoms with Gasteiger partial charge in [0.2, 0.25) is 23.6 Å². The van der Waals surface area contributed by atoms with Gasteiger partial charge in [-0.25, -0.2) is 4.98 Å². The highest BCUT2D eigenvalue weighted by atomic mass is 19.3. The van der Waals surface area contributed by atoms with Crippen LogP contribution in [-0.2, 0) is 38.1 Å². The van der Waals surface area contributed by atoms with E-state index in [9.17, 15) is 19.2 Å². The maximum Gasteiger partial charge on any atom is 0.351 e. The lowest BCUT2D eigenvalue weighted by molar-refractivity contribution is -0.150. The number of aromatic nitrogens is 1. The molecule has 11 nitrogen and oxygen atoms in total. The van der Waals surface area contributed by atoms with E-state index in [0.29, 0.717) is 32.4 Å². The van der Waals surface area contributed by atoms with Crippen molar-refractivity contribution in [1.82, 2.24) is 30.7 Å². The zero-order valence-electron chi connectivity index (χ0n) is 28.1. The first-order chi connectivity index (χ1) is 23.0. The molecule has 2 aliphatic rings. The monoisotopic (exact) mass is 670 g/mol. The van der Waals surface area contributed by atoms with E-state index in [1.807, 2.05) is 31.3 Å². The van der Waals surface area contributed by atoms with Crippen LogP contribution in [0.5, 0.6) is 5.88 Å². The van der Waals surface area contributed by atoms with E-state index in [1.54, 1.807) is 11.8 Å². The number of carbonyl (C=O) groups is 4. The number of nitrogens with one attached hydrogen (secondary N) is 3. The van der Waals surface area contributed by atoms with Crippen molar-refractivity contribution in [3.8, 4) is 5.88 Å². The minimum atomic E-state index is -3.90. The predicted octanol–water partition coefficient (Wildman–Crippen LogP) is 3.16. The van der Waals surface area contributed by atoms with E-state index in [4.69, 9.17) is 4.74 Å². The highest BCUT2D eigenvalue weighted by molar-refractivity contribution is 5.91. The Hall–Kier alpha value is -4.13. The number of ether oxygens (including phenoxy) is 1. The zero-order chi connectivity index (χ0) is 34.7. The molecule has 1 aliphatic heterocycles.